The van der Waals surface area contributed by atoms with E-state index in [2.05, 4.69) is 47.4 Å². The molecule has 174 valence electrons. The quantitative estimate of drug-likeness (QED) is 0.425. The van der Waals surface area contributed by atoms with Gasteiger partial charge in [-0.15, -0.1) is 11.3 Å². The van der Waals surface area contributed by atoms with Crippen molar-refractivity contribution in [3.63, 3.8) is 0 Å². The summed E-state index contributed by atoms with van der Waals surface area (Å²) in [5, 5.41) is 1.16. The number of nitrogens with zero attached hydrogens (tertiary/aromatic N) is 2. The Kier molecular flexibility index (Phi) is 8.53. The zero-order valence-corrected chi connectivity index (χ0v) is 20.1. The number of amides is 1. The lowest BCUT2D eigenvalue weighted by atomic mass is 10.1. The second-order valence-electron chi connectivity index (χ2n) is 8.17. The zero-order valence-electron chi connectivity index (χ0n) is 19.2. The van der Waals surface area contributed by atoms with E-state index in [9.17, 15) is 4.79 Å². The fourth-order valence-electron chi connectivity index (χ4n) is 4.10. The topological polar surface area (TPSA) is 42.0 Å². The largest absolute Gasteiger partial charge is 0.383 e. The molecule has 2 aromatic carbocycles. The highest BCUT2D eigenvalue weighted by Crippen LogP contribution is 2.39. The molecule has 5 nitrogen and oxygen atoms in total. The normalized spacial score (nSPS) is 13.8. The molecule has 1 aliphatic heterocycles. The molecule has 1 aromatic heterocycles. The first kappa shape index (κ1) is 23.5. The van der Waals surface area contributed by atoms with Gasteiger partial charge in [-0.3, -0.25) is 4.79 Å². The van der Waals surface area contributed by atoms with E-state index in [4.69, 9.17) is 9.47 Å². The minimum atomic E-state index is 0.0850. The molecule has 1 amide bonds. The van der Waals surface area contributed by atoms with Crippen molar-refractivity contribution in [2.75, 3.05) is 58.0 Å². The van der Waals surface area contributed by atoms with Crippen molar-refractivity contribution in [3.8, 4) is 11.1 Å². The molecule has 0 bridgehead atoms. The van der Waals surface area contributed by atoms with Crippen LogP contribution in [0.4, 0.5) is 5.00 Å². The smallest absolute Gasteiger partial charge is 0.264 e. The van der Waals surface area contributed by atoms with E-state index in [1.54, 1.807) is 18.4 Å². The Bertz CT molecular complexity index is 1000. The van der Waals surface area contributed by atoms with E-state index in [1.165, 1.54) is 5.56 Å². The lowest BCUT2D eigenvalue weighted by molar-refractivity contribution is 0.0698. The molecule has 6 heteroatoms. The molecule has 0 aliphatic carbocycles. The predicted octanol–water partition coefficient (Wildman–Crippen LogP) is 4.97. The Labute approximate surface area is 200 Å². The van der Waals surface area contributed by atoms with Gasteiger partial charge in [0.05, 0.1) is 29.7 Å². The number of carbonyl (C=O) groups is 1. The maximum Gasteiger partial charge on any atom is 0.264 e. The van der Waals surface area contributed by atoms with E-state index in [0.717, 1.165) is 60.2 Å². The highest BCUT2D eigenvalue weighted by atomic mass is 32.1. The van der Waals surface area contributed by atoms with Crippen molar-refractivity contribution in [2.45, 2.75) is 12.8 Å². The van der Waals surface area contributed by atoms with Crippen LogP contribution in [0.25, 0.3) is 11.1 Å². The summed E-state index contributed by atoms with van der Waals surface area (Å²) in [4.78, 5) is 18.7. The fraction of sp³-hybridized carbons (Fsp3) is 0.370. The van der Waals surface area contributed by atoms with Crippen LogP contribution >= 0.6 is 11.3 Å². The molecule has 0 radical (unpaired) electrons. The standard InChI is InChI=1S/C27H32N2O3S/c1-31-18-15-28(14-8-11-22-9-4-2-5-10-22)26(30)25-21-24(23-12-6-3-7-13-23)27(33-25)29-16-19-32-20-17-29/h2-7,9-10,12-13,21H,8,11,14-20H2,1H3. The molecule has 0 N–H and O–H groups in total. The van der Waals surface area contributed by atoms with Crippen LogP contribution in [0.2, 0.25) is 0 Å². The zero-order chi connectivity index (χ0) is 22.9. The summed E-state index contributed by atoms with van der Waals surface area (Å²) in [6.07, 6.45) is 1.88. The molecule has 3 aromatic rings. The number of morpholine rings is 1. The van der Waals surface area contributed by atoms with Crippen LogP contribution in [0, 0.1) is 0 Å². The summed E-state index contributed by atoms with van der Waals surface area (Å²) < 4.78 is 10.9. The second kappa shape index (κ2) is 12.0. The molecule has 0 atom stereocenters. The molecule has 4 rings (SSSR count). The average Bonchev–Trinajstić information content (AvgIpc) is 3.33. The van der Waals surface area contributed by atoms with Gasteiger partial charge < -0.3 is 19.3 Å². The number of methoxy groups -OCH3 is 1. The molecule has 0 spiro atoms. The summed E-state index contributed by atoms with van der Waals surface area (Å²) in [5.74, 6) is 0.0850. The summed E-state index contributed by atoms with van der Waals surface area (Å²) in [6, 6.07) is 22.9. The Balaban J connectivity index is 1.55. The first-order chi connectivity index (χ1) is 16.3. The van der Waals surface area contributed by atoms with Gasteiger partial charge in [0.15, 0.2) is 0 Å². The highest BCUT2D eigenvalue weighted by Gasteiger charge is 2.24. The molecular formula is C27H32N2O3S. The molecule has 1 fully saturated rings. The van der Waals surface area contributed by atoms with Gasteiger partial charge in [-0.05, 0) is 30.0 Å². The Hall–Kier alpha value is -2.67. The molecule has 33 heavy (non-hydrogen) atoms. The molecule has 1 saturated heterocycles. The van der Waals surface area contributed by atoms with E-state index in [-0.39, 0.29) is 5.91 Å². The van der Waals surface area contributed by atoms with Gasteiger partial charge in [0.2, 0.25) is 0 Å². The number of hydrogen-bond donors (Lipinski definition) is 0. The Morgan fingerprint density at radius 1 is 1.03 bits per heavy atom. The number of anilines is 1. The van der Waals surface area contributed by atoms with E-state index in [0.29, 0.717) is 19.7 Å². The minimum absolute atomic E-state index is 0.0850. The molecular weight excluding hydrogens is 432 g/mol. The summed E-state index contributed by atoms with van der Waals surface area (Å²) >= 11 is 1.60. The van der Waals surface area contributed by atoms with Gasteiger partial charge in [0.25, 0.3) is 5.91 Å². The summed E-state index contributed by atoms with van der Waals surface area (Å²) in [5.41, 5.74) is 3.57. The predicted molar refractivity (Wildman–Crippen MR) is 135 cm³/mol. The first-order valence-electron chi connectivity index (χ1n) is 11.6. The monoisotopic (exact) mass is 464 g/mol. The Morgan fingerprint density at radius 2 is 1.73 bits per heavy atom. The average molecular weight is 465 g/mol. The summed E-state index contributed by atoms with van der Waals surface area (Å²) in [7, 11) is 1.68. The molecule has 1 aliphatic rings. The summed E-state index contributed by atoms with van der Waals surface area (Å²) in [6.45, 7) is 4.96. The van der Waals surface area contributed by atoms with Crippen molar-refractivity contribution >= 4 is 22.2 Å². The number of hydrogen-bond acceptors (Lipinski definition) is 5. The number of rotatable bonds is 10. The second-order valence-corrected chi connectivity index (χ2v) is 9.20. The van der Waals surface area contributed by atoms with Gasteiger partial charge in [0, 0.05) is 38.9 Å². The highest BCUT2D eigenvalue weighted by molar-refractivity contribution is 7.18. The van der Waals surface area contributed by atoms with Crippen LogP contribution in [0.15, 0.2) is 66.7 Å². The van der Waals surface area contributed by atoms with E-state index in [1.807, 2.05) is 29.2 Å². The number of carbonyl (C=O) groups excluding carboxylic acids is 1. The van der Waals surface area contributed by atoms with Crippen LogP contribution in [0.5, 0.6) is 0 Å². The van der Waals surface area contributed by atoms with E-state index >= 15 is 0 Å². The van der Waals surface area contributed by atoms with Crippen molar-refractivity contribution < 1.29 is 14.3 Å². The Morgan fingerprint density at radius 3 is 2.42 bits per heavy atom. The van der Waals surface area contributed by atoms with Gasteiger partial charge in [0.1, 0.15) is 0 Å². The lowest BCUT2D eigenvalue weighted by Gasteiger charge is -2.28. The van der Waals surface area contributed by atoms with Crippen molar-refractivity contribution in [1.82, 2.24) is 4.90 Å². The maximum absolute atomic E-state index is 13.6. The van der Waals surface area contributed by atoms with Crippen LogP contribution in [0.3, 0.4) is 0 Å². The minimum Gasteiger partial charge on any atom is -0.383 e. The number of thiophene rings is 1. The molecule has 0 saturated carbocycles. The van der Waals surface area contributed by atoms with Crippen LogP contribution in [-0.2, 0) is 15.9 Å². The number of ether oxygens (including phenoxy) is 2. The SMILES string of the molecule is COCCN(CCCc1ccccc1)C(=O)c1cc(-c2ccccc2)c(N2CCOCC2)s1. The third-order valence-electron chi connectivity index (χ3n) is 5.90. The molecule has 2 heterocycles. The van der Waals surface area contributed by atoms with Gasteiger partial charge in [-0.25, -0.2) is 0 Å². The van der Waals surface area contributed by atoms with Gasteiger partial charge in [-0.2, -0.15) is 0 Å². The molecule has 0 unspecified atom stereocenters. The van der Waals surface area contributed by atoms with E-state index < -0.39 is 0 Å². The first-order valence-corrected chi connectivity index (χ1v) is 12.4. The van der Waals surface area contributed by atoms with Crippen molar-refractivity contribution in [3.05, 3.63) is 77.2 Å². The van der Waals surface area contributed by atoms with Gasteiger partial charge in [-0.1, -0.05) is 60.7 Å². The third-order valence-corrected chi connectivity index (χ3v) is 7.08. The number of benzene rings is 2. The van der Waals surface area contributed by atoms with Crippen LogP contribution in [0.1, 0.15) is 21.7 Å². The maximum atomic E-state index is 13.6. The fourth-order valence-corrected chi connectivity index (χ4v) is 5.30. The van der Waals surface area contributed by atoms with Crippen LogP contribution in [-0.4, -0.2) is 63.9 Å². The van der Waals surface area contributed by atoms with Crippen molar-refractivity contribution in [2.24, 2.45) is 0 Å². The van der Waals surface area contributed by atoms with Crippen molar-refractivity contribution in [1.29, 1.82) is 0 Å². The van der Waals surface area contributed by atoms with Crippen LogP contribution < -0.4 is 4.90 Å². The lowest BCUT2D eigenvalue weighted by Crippen LogP contribution is -2.36. The van der Waals surface area contributed by atoms with Gasteiger partial charge >= 0.3 is 0 Å². The number of aryl methyl sites for hydroxylation is 1. The third kappa shape index (κ3) is 6.22.